The number of hydrogen-bond acceptors (Lipinski definition) is 7. The van der Waals surface area contributed by atoms with E-state index in [0.717, 1.165) is 5.69 Å². The second-order valence-electron chi connectivity index (χ2n) is 5.40. The van der Waals surface area contributed by atoms with Crippen molar-refractivity contribution in [2.45, 2.75) is 6.42 Å². The minimum absolute atomic E-state index is 0.0273. The summed E-state index contributed by atoms with van der Waals surface area (Å²) in [6.45, 7) is -0.0639. The van der Waals surface area contributed by atoms with E-state index in [1.807, 2.05) is 11.6 Å². The minimum atomic E-state index is -0.304. The summed E-state index contributed by atoms with van der Waals surface area (Å²) in [5.41, 5.74) is 1.75. The largest absolute Gasteiger partial charge is 0.507 e. The van der Waals surface area contributed by atoms with Crippen molar-refractivity contribution in [1.29, 1.82) is 0 Å². The molecule has 3 rings (SSSR count). The van der Waals surface area contributed by atoms with Gasteiger partial charge in [0.2, 0.25) is 5.91 Å². The molecule has 0 aliphatic rings. The average Bonchev–Trinajstić information content (AvgIpc) is 3.20. The summed E-state index contributed by atoms with van der Waals surface area (Å²) in [6, 6.07) is 4.58. The van der Waals surface area contributed by atoms with Gasteiger partial charge >= 0.3 is 0 Å². The summed E-state index contributed by atoms with van der Waals surface area (Å²) in [5, 5.41) is 16.6. The fraction of sp³-hybridized carbons (Fsp3) is 0.250. The Kier molecular flexibility index (Phi) is 4.75. The lowest BCUT2D eigenvalue weighted by molar-refractivity contribution is -0.119. The highest BCUT2D eigenvalue weighted by molar-refractivity contribution is 5.92. The molecule has 9 heteroatoms. The number of nitrogens with one attached hydrogen (secondary N) is 1. The molecule has 3 aromatic rings. The number of phenolic OH excluding ortho intramolecular Hbond substituents is 1. The van der Waals surface area contributed by atoms with Gasteiger partial charge < -0.3 is 24.3 Å². The van der Waals surface area contributed by atoms with E-state index in [1.54, 1.807) is 24.7 Å². The maximum absolute atomic E-state index is 11.6. The van der Waals surface area contributed by atoms with Gasteiger partial charge in [-0.3, -0.25) is 4.79 Å². The number of aromatic hydroxyl groups is 1. The fourth-order valence-electron chi connectivity index (χ4n) is 2.27. The molecule has 0 saturated carbocycles. The van der Waals surface area contributed by atoms with Crippen LogP contribution in [0.1, 0.15) is 11.5 Å². The molecule has 0 spiro atoms. The molecule has 0 saturated heterocycles. The maximum Gasteiger partial charge on any atom is 0.261 e. The number of amides is 1. The molecule has 1 amide bonds. The van der Waals surface area contributed by atoms with Gasteiger partial charge in [-0.05, 0) is 18.2 Å². The van der Waals surface area contributed by atoms with E-state index in [0.29, 0.717) is 23.5 Å². The van der Waals surface area contributed by atoms with Crippen LogP contribution in [-0.2, 0) is 23.0 Å². The summed E-state index contributed by atoms with van der Waals surface area (Å²) < 4.78 is 11.9. The first-order chi connectivity index (χ1) is 12.1. The molecule has 2 heterocycles. The second kappa shape index (κ2) is 7.14. The molecule has 0 atom stereocenters. The summed E-state index contributed by atoms with van der Waals surface area (Å²) in [4.78, 5) is 19.9. The number of aromatic nitrogens is 4. The highest BCUT2D eigenvalue weighted by Gasteiger charge is 2.15. The van der Waals surface area contributed by atoms with Crippen LogP contribution in [0.2, 0.25) is 0 Å². The highest BCUT2D eigenvalue weighted by Crippen LogP contribution is 2.30. The molecule has 0 aliphatic heterocycles. The third kappa shape index (κ3) is 3.83. The first kappa shape index (κ1) is 16.7. The second-order valence-corrected chi connectivity index (χ2v) is 5.40. The van der Waals surface area contributed by atoms with Crippen molar-refractivity contribution in [2.24, 2.45) is 7.05 Å². The Balaban J connectivity index is 1.81. The number of phenols is 1. The number of carbonyl (C=O) groups excluding carboxylic acids is 1. The summed E-state index contributed by atoms with van der Waals surface area (Å²) >= 11 is 0. The predicted molar refractivity (Wildman–Crippen MR) is 87.9 cm³/mol. The van der Waals surface area contributed by atoms with Crippen LogP contribution in [0.15, 0.2) is 35.2 Å². The Hall–Kier alpha value is -3.20. The first-order valence-electron chi connectivity index (χ1n) is 7.46. The number of aryl methyl sites for hydroxylation is 1. The van der Waals surface area contributed by atoms with Gasteiger partial charge in [0.05, 0.1) is 18.3 Å². The maximum atomic E-state index is 11.6. The summed E-state index contributed by atoms with van der Waals surface area (Å²) in [6.07, 6.45) is 3.86. The van der Waals surface area contributed by atoms with Crippen LogP contribution in [0.3, 0.4) is 0 Å². The lowest BCUT2D eigenvalue weighted by Crippen LogP contribution is -2.17. The van der Waals surface area contributed by atoms with Gasteiger partial charge in [0, 0.05) is 31.7 Å². The molecule has 1 aromatic carbocycles. The summed E-state index contributed by atoms with van der Waals surface area (Å²) in [7, 11) is 3.31. The molecule has 0 fully saturated rings. The van der Waals surface area contributed by atoms with Gasteiger partial charge in [-0.1, -0.05) is 5.16 Å². The van der Waals surface area contributed by atoms with E-state index in [9.17, 15) is 9.90 Å². The molecule has 0 bridgehead atoms. The van der Waals surface area contributed by atoms with E-state index < -0.39 is 0 Å². The Bertz CT molecular complexity index is 886. The number of anilines is 1. The van der Waals surface area contributed by atoms with Gasteiger partial charge in [0.15, 0.2) is 5.82 Å². The third-order valence-corrected chi connectivity index (χ3v) is 3.51. The Morgan fingerprint density at radius 2 is 2.28 bits per heavy atom. The van der Waals surface area contributed by atoms with Crippen molar-refractivity contribution in [2.75, 3.05) is 19.0 Å². The molecule has 0 aliphatic carbocycles. The number of methoxy groups -OCH3 is 1. The van der Waals surface area contributed by atoms with E-state index in [-0.39, 0.29) is 24.2 Å². The van der Waals surface area contributed by atoms with Crippen LogP contribution in [0, 0.1) is 0 Å². The Morgan fingerprint density at radius 1 is 1.44 bits per heavy atom. The van der Waals surface area contributed by atoms with Crippen LogP contribution in [0.4, 0.5) is 5.69 Å². The molecule has 0 radical (unpaired) electrons. The number of benzene rings is 1. The quantitative estimate of drug-likeness (QED) is 0.649. The Morgan fingerprint density at radius 3 is 3.00 bits per heavy atom. The van der Waals surface area contributed by atoms with Crippen molar-refractivity contribution in [3.05, 3.63) is 42.2 Å². The minimum Gasteiger partial charge on any atom is -0.507 e. The number of hydrogen-bond donors (Lipinski definition) is 2. The monoisotopic (exact) mass is 343 g/mol. The topological polar surface area (TPSA) is 115 Å². The zero-order valence-corrected chi connectivity index (χ0v) is 13.8. The van der Waals surface area contributed by atoms with Gasteiger partial charge in [0.25, 0.3) is 5.89 Å². The lowest BCUT2D eigenvalue weighted by atomic mass is 10.1. The molecule has 2 aromatic heterocycles. The number of nitrogens with zero attached hydrogens (tertiary/aromatic N) is 4. The van der Waals surface area contributed by atoms with Crippen molar-refractivity contribution in [3.63, 3.8) is 0 Å². The summed E-state index contributed by atoms with van der Waals surface area (Å²) in [5.74, 6) is 0.298. The van der Waals surface area contributed by atoms with Crippen LogP contribution in [0.5, 0.6) is 5.75 Å². The lowest BCUT2D eigenvalue weighted by Gasteiger charge is -2.06. The standard InChI is InChI=1S/C16H17N5O4/c1-21-9-17-7-11(21)6-14-19-16(25-20-14)12-5-10(3-4-13(12)22)18-15(23)8-24-2/h3-5,7,9,22H,6,8H2,1-2H3,(H,18,23). The Labute approximate surface area is 143 Å². The zero-order chi connectivity index (χ0) is 17.8. The van der Waals surface area contributed by atoms with E-state index in [2.05, 4.69) is 20.4 Å². The van der Waals surface area contributed by atoms with Crippen LogP contribution in [-0.4, -0.2) is 44.4 Å². The van der Waals surface area contributed by atoms with Crippen molar-refractivity contribution in [1.82, 2.24) is 19.7 Å². The van der Waals surface area contributed by atoms with E-state index in [4.69, 9.17) is 9.26 Å². The van der Waals surface area contributed by atoms with Crippen LogP contribution < -0.4 is 5.32 Å². The zero-order valence-electron chi connectivity index (χ0n) is 13.8. The van der Waals surface area contributed by atoms with Crippen molar-refractivity contribution in [3.8, 4) is 17.2 Å². The SMILES string of the molecule is COCC(=O)Nc1ccc(O)c(-c2nc(Cc3cncn3C)no2)c1. The highest BCUT2D eigenvalue weighted by atomic mass is 16.5. The van der Waals surface area contributed by atoms with Gasteiger partial charge in [-0.2, -0.15) is 4.98 Å². The number of imidazole rings is 1. The molecule has 25 heavy (non-hydrogen) atoms. The first-order valence-corrected chi connectivity index (χ1v) is 7.46. The average molecular weight is 343 g/mol. The molecular weight excluding hydrogens is 326 g/mol. The van der Waals surface area contributed by atoms with Crippen LogP contribution in [0.25, 0.3) is 11.5 Å². The molecule has 130 valence electrons. The van der Waals surface area contributed by atoms with Gasteiger partial charge in [0.1, 0.15) is 12.4 Å². The van der Waals surface area contributed by atoms with E-state index in [1.165, 1.54) is 13.2 Å². The van der Waals surface area contributed by atoms with Crippen molar-refractivity contribution >= 4 is 11.6 Å². The molecule has 2 N–H and O–H groups in total. The third-order valence-electron chi connectivity index (χ3n) is 3.51. The molecule has 9 nitrogen and oxygen atoms in total. The fourth-order valence-corrected chi connectivity index (χ4v) is 2.27. The van der Waals surface area contributed by atoms with Crippen molar-refractivity contribution < 1.29 is 19.2 Å². The van der Waals surface area contributed by atoms with Gasteiger partial charge in [-0.15, -0.1) is 0 Å². The number of carbonyl (C=O) groups is 1. The smallest absolute Gasteiger partial charge is 0.261 e. The molecule has 0 unspecified atom stereocenters. The molecular formula is C16H17N5O4. The normalized spacial score (nSPS) is 10.8. The van der Waals surface area contributed by atoms with E-state index >= 15 is 0 Å². The number of rotatable bonds is 6. The van der Waals surface area contributed by atoms with Gasteiger partial charge in [-0.25, -0.2) is 4.98 Å². The number of ether oxygens (including phenoxy) is 1. The van der Waals surface area contributed by atoms with Crippen LogP contribution >= 0.6 is 0 Å². The predicted octanol–water partition coefficient (Wildman–Crippen LogP) is 1.35.